The Bertz CT molecular complexity index is 2650. The average Bonchev–Trinajstić information content (AvgIpc) is 3.80. The molecular weight excluding hydrogens is 923 g/mol. The molecule has 2 fully saturated rings. The number of esters is 6. The Kier molecular flexibility index (Phi) is 17.8. The number of thiazole rings is 1. The van der Waals surface area contributed by atoms with Crippen LogP contribution in [0, 0.1) is 11.8 Å². The van der Waals surface area contributed by atoms with Crippen LogP contribution < -0.4 is 19.6 Å². The zero-order chi connectivity index (χ0) is 49.2. The molecule has 0 spiro atoms. The van der Waals surface area contributed by atoms with Gasteiger partial charge in [0.2, 0.25) is 18.7 Å². The first-order chi connectivity index (χ1) is 34.0. The van der Waals surface area contributed by atoms with Crippen LogP contribution in [0.1, 0.15) is 83.2 Å². The summed E-state index contributed by atoms with van der Waals surface area (Å²) in [5.74, 6) is -2.59. The summed E-state index contributed by atoms with van der Waals surface area (Å²) in [6, 6.07) is 25.6. The van der Waals surface area contributed by atoms with Gasteiger partial charge in [-0.2, -0.15) is 5.10 Å². The maximum atomic E-state index is 13.6. The highest BCUT2D eigenvalue weighted by atomic mass is 32.1. The molecule has 364 valence electrons. The number of nitrogens with zero attached hydrogens (tertiary/aromatic N) is 2. The zero-order valence-electron chi connectivity index (χ0n) is 38.1. The van der Waals surface area contributed by atoms with Crippen LogP contribution in [0.25, 0.3) is 10.2 Å². The molecule has 2 aliphatic rings. The fraction of sp³-hybridized carbons (Fsp3) is 0.308. The van der Waals surface area contributed by atoms with Gasteiger partial charge < -0.3 is 37.9 Å². The third-order valence-electron chi connectivity index (χ3n) is 11.5. The minimum Gasteiger partial charge on any atom is -0.465 e. The number of ether oxygens (including phenoxy) is 8. The Labute approximate surface area is 407 Å². The summed E-state index contributed by atoms with van der Waals surface area (Å²) in [7, 11) is 0. The molecule has 7 rings (SSSR count). The lowest BCUT2D eigenvalue weighted by atomic mass is 9.87. The first-order valence-electron chi connectivity index (χ1n) is 22.7. The van der Waals surface area contributed by atoms with Crippen LogP contribution in [-0.4, -0.2) is 79.4 Å². The topological polar surface area (TPSA) is 214 Å². The van der Waals surface area contributed by atoms with Gasteiger partial charge in [0.25, 0.3) is 0 Å². The van der Waals surface area contributed by atoms with Crippen molar-refractivity contribution in [2.24, 2.45) is 16.9 Å². The molecule has 1 heterocycles. The fourth-order valence-electron chi connectivity index (χ4n) is 7.68. The number of hydrazone groups is 1. The molecule has 18 heteroatoms. The van der Waals surface area contributed by atoms with Gasteiger partial charge in [0.15, 0.2) is 0 Å². The molecule has 0 atom stereocenters. The summed E-state index contributed by atoms with van der Waals surface area (Å²) < 4.78 is 44.4. The minimum atomic E-state index is -0.615. The normalized spacial score (nSPS) is 17.6. The van der Waals surface area contributed by atoms with E-state index in [1.807, 2.05) is 36.4 Å². The van der Waals surface area contributed by atoms with Crippen LogP contribution >= 0.6 is 11.3 Å². The van der Waals surface area contributed by atoms with Crippen molar-refractivity contribution in [3.63, 3.8) is 0 Å². The van der Waals surface area contributed by atoms with Crippen LogP contribution in [0.2, 0.25) is 0 Å². The third kappa shape index (κ3) is 14.6. The predicted molar refractivity (Wildman–Crippen MR) is 256 cm³/mol. The van der Waals surface area contributed by atoms with Crippen LogP contribution in [0.5, 0.6) is 17.2 Å². The van der Waals surface area contributed by atoms with Gasteiger partial charge in [0, 0.05) is 24.1 Å². The average molecular weight is 974 g/mol. The molecular formula is C52H51N3O14S. The number of para-hydroxylation sites is 1. The predicted octanol–water partition coefficient (Wildman–Crippen LogP) is 8.70. The number of carbonyl (C=O) groups excluding carboxylic acids is 6. The van der Waals surface area contributed by atoms with E-state index in [0.29, 0.717) is 96.9 Å². The van der Waals surface area contributed by atoms with E-state index in [4.69, 9.17) is 37.9 Å². The molecule has 0 amide bonds. The van der Waals surface area contributed by atoms with E-state index in [-0.39, 0.29) is 44.3 Å². The summed E-state index contributed by atoms with van der Waals surface area (Å²) in [6.07, 6.45) is 7.17. The molecule has 2 aliphatic carbocycles. The molecule has 17 nitrogen and oxygen atoms in total. The monoisotopic (exact) mass is 973 g/mol. The summed E-state index contributed by atoms with van der Waals surface area (Å²) in [4.78, 5) is 79.3. The van der Waals surface area contributed by atoms with Crippen molar-refractivity contribution in [2.45, 2.75) is 70.0 Å². The number of aromatic nitrogens is 1. The third-order valence-corrected chi connectivity index (χ3v) is 12.4. The van der Waals surface area contributed by atoms with E-state index in [0.717, 1.165) is 27.9 Å². The van der Waals surface area contributed by atoms with E-state index >= 15 is 0 Å². The largest absolute Gasteiger partial charge is 0.465 e. The maximum Gasteiger partial charge on any atom is 0.338 e. The second kappa shape index (κ2) is 25.0. The SMILES string of the molecule is C=CC(=O)OCOc1ccc(C(=O)OC2CCC(C(=O)OCCc3ccc(OC(=O)C4CCC(OC(=O)c5ccc(OCOC(=O)C=C)cc5)CC4)c(/C=N/Nc4nc5ccccc5s4)c3)CC2)cc1. The highest BCUT2D eigenvalue weighted by molar-refractivity contribution is 7.22. The second-order valence-corrected chi connectivity index (χ2v) is 17.3. The molecule has 2 saturated carbocycles. The summed E-state index contributed by atoms with van der Waals surface area (Å²) in [5.41, 5.74) is 5.81. The van der Waals surface area contributed by atoms with E-state index in [1.165, 1.54) is 11.3 Å². The standard InChI is InChI=1S/C52H51N3O14S/c1-3-46(56)65-31-63-39-18-10-35(11-19-39)49(59)67-41-22-14-34(15-23-41)48(58)62-28-27-33-9-26-44(38(29-33)30-53-55-52-54-43-7-5-6-8-45(43)70-52)69-51(61)37-16-24-42(25-17-37)68-50(60)36-12-20-40(21-13-36)64-32-66-47(57)4-2/h3-13,18-21,26,29-30,34,37,41-42H,1-2,14-17,22-25,27-28,31-32H2,(H,54,55)/b53-30+. The van der Waals surface area contributed by atoms with Gasteiger partial charge in [-0.1, -0.05) is 42.7 Å². The number of hydrogen-bond donors (Lipinski definition) is 1. The molecule has 0 aliphatic heterocycles. The van der Waals surface area contributed by atoms with E-state index < -0.39 is 35.8 Å². The Hall–Kier alpha value is -7.86. The second-order valence-electron chi connectivity index (χ2n) is 16.2. The summed E-state index contributed by atoms with van der Waals surface area (Å²) in [6.45, 7) is 6.17. The molecule has 1 aromatic heterocycles. The van der Waals surface area contributed by atoms with Gasteiger partial charge >= 0.3 is 35.8 Å². The molecule has 70 heavy (non-hydrogen) atoms. The van der Waals surface area contributed by atoms with E-state index in [9.17, 15) is 28.8 Å². The number of fused-ring (bicyclic) bond motifs is 1. The quantitative estimate of drug-likeness (QED) is 0.0138. The highest BCUT2D eigenvalue weighted by Crippen LogP contribution is 2.32. The van der Waals surface area contributed by atoms with Crippen molar-refractivity contribution in [1.29, 1.82) is 0 Å². The molecule has 0 bridgehead atoms. The van der Waals surface area contributed by atoms with Crippen molar-refractivity contribution in [3.05, 3.63) is 139 Å². The number of anilines is 1. The first-order valence-corrected chi connectivity index (χ1v) is 23.5. The van der Waals surface area contributed by atoms with Gasteiger partial charge in [-0.15, -0.1) is 0 Å². The van der Waals surface area contributed by atoms with Crippen LogP contribution in [0.15, 0.2) is 121 Å². The number of rotatable bonds is 21. The Balaban J connectivity index is 0.879. The van der Waals surface area contributed by atoms with Gasteiger partial charge in [-0.25, -0.2) is 24.2 Å². The van der Waals surface area contributed by atoms with Crippen molar-refractivity contribution in [1.82, 2.24) is 4.98 Å². The van der Waals surface area contributed by atoms with Crippen molar-refractivity contribution in [3.8, 4) is 17.2 Å². The fourth-order valence-corrected chi connectivity index (χ4v) is 8.49. The maximum absolute atomic E-state index is 13.6. The van der Waals surface area contributed by atoms with E-state index in [1.54, 1.807) is 60.8 Å². The summed E-state index contributed by atoms with van der Waals surface area (Å²) in [5, 5.41) is 5.00. The van der Waals surface area contributed by atoms with E-state index in [2.05, 4.69) is 28.7 Å². The lowest BCUT2D eigenvalue weighted by Crippen LogP contribution is -2.30. The number of benzene rings is 4. The van der Waals surface area contributed by atoms with Crippen molar-refractivity contribution < 1.29 is 66.7 Å². The number of hydrogen-bond acceptors (Lipinski definition) is 18. The zero-order valence-corrected chi connectivity index (χ0v) is 38.9. The Morgan fingerprint density at radius 1 is 0.657 bits per heavy atom. The molecule has 1 N–H and O–H groups in total. The molecule has 0 unspecified atom stereocenters. The lowest BCUT2D eigenvalue weighted by Gasteiger charge is -2.27. The van der Waals surface area contributed by atoms with Crippen molar-refractivity contribution in [2.75, 3.05) is 25.6 Å². The molecule has 5 aromatic rings. The molecule has 0 radical (unpaired) electrons. The first kappa shape index (κ1) is 50.0. The lowest BCUT2D eigenvalue weighted by molar-refractivity contribution is -0.150. The molecule has 0 saturated heterocycles. The van der Waals surface area contributed by atoms with Gasteiger partial charge in [0.05, 0.1) is 46.0 Å². The van der Waals surface area contributed by atoms with Crippen LogP contribution in [-0.2, 0) is 49.3 Å². The van der Waals surface area contributed by atoms with Crippen LogP contribution in [0.4, 0.5) is 5.13 Å². The van der Waals surface area contributed by atoms with Gasteiger partial charge in [-0.05, 0) is 130 Å². The Morgan fingerprint density at radius 2 is 1.20 bits per heavy atom. The minimum absolute atomic E-state index is 0.117. The van der Waals surface area contributed by atoms with Crippen LogP contribution in [0.3, 0.4) is 0 Å². The van der Waals surface area contributed by atoms with Gasteiger partial charge in [-0.3, -0.25) is 15.0 Å². The molecule has 4 aromatic carbocycles. The van der Waals surface area contributed by atoms with Gasteiger partial charge in [0.1, 0.15) is 29.5 Å². The smallest absolute Gasteiger partial charge is 0.338 e. The van der Waals surface area contributed by atoms with Crippen molar-refractivity contribution >= 4 is 68.7 Å². The summed E-state index contributed by atoms with van der Waals surface area (Å²) >= 11 is 1.45. The highest BCUT2D eigenvalue weighted by Gasteiger charge is 2.31. The number of carbonyl (C=O) groups is 6. The Morgan fingerprint density at radius 3 is 1.74 bits per heavy atom. The number of nitrogens with one attached hydrogen (secondary N) is 1.